The molecule has 0 unspecified atom stereocenters. The Bertz CT molecular complexity index is 372. The van der Waals surface area contributed by atoms with E-state index in [1.54, 1.807) is 0 Å². The van der Waals surface area contributed by atoms with Crippen LogP contribution in [-0.2, 0) is 0 Å². The molecule has 0 atom stereocenters. The summed E-state index contributed by atoms with van der Waals surface area (Å²) >= 11 is 0. The molecule has 0 saturated heterocycles. The number of unbranched alkanes of at least 4 members (excludes halogenated alkanes) is 27. The predicted octanol–water partition coefficient (Wildman–Crippen LogP) is 13.5. The summed E-state index contributed by atoms with van der Waals surface area (Å²) in [6.07, 6.45) is 43.7. The van der Waals surface area contributed by atoms with Gasteiger partial charge in [-0.25, -0.2) is 0 Å². The van der Waals surface area contributed by atoms with Gasteiger partial charge in [-0.3, -0.25) is 0 Å². The minimum absolute atomic E-state index is 0. The lowest BCUT2D eigenvalue weighted by atomic mass is 10.0. The molecule has 0 aliphatic heterocycles. The van der Waals surface area contributed by atoms with E-state index in [0.717, 1.165) is 0 Å². The molecular formula is C36H76ClN. The molecule has 0 heterocycles. The summed E-state index contributed by atoms with van der Waals surface area (Å²) in [5.74, 6) is 0. The van der Waals surface area contributed by atoms with E-state index in [1.165, 1.54) is 212 Å². The monoisotopic (exact) mass is 558 g/mol. The maximum absolute atomic E-state index is 2.81. The number of hydrogen-bond donors (Lipinski definition) is 0. The van der Waals surface area contributed by atoms with Crippen LogP contribution in [0.3, 0.4) is 0 Å². The molecule has 232 valence electrons. The lowest BCUT2D eigenvalue weighted by molar-refractivity contribution is 0.254. The maximum atomic E-state index is 2.81. The van der Waals surface area contributed by atoms with Crippen LogP contribution in [0, 0.1) is 0 Å². The van der Waals surface area contributed by atoms with Gasteiger partial charge in [0.15, 0.2) is 0 Å². The summed E-state index contributed by atoms with van der Waals surface area (Å²) in [7, 11) is 0. The molecule has 0 aromatic rings. The Kier molecular flexibility index (Phi) is 39.6. The second kappa shape index (κ2) is 37.2. The minimum Gasteiger partial charge on any atom is -0.303 e. The summed E-state index contributed by atoms with van der Waals surface area (Å²) in [4.78, 5) is 2.81. The summed E-state index contributed by atoms with van der Waals surface area (Å²) in [5.41, 5.74) is 0. The van der Waals surface area contributed by atoms with E-state index >= 15 is 0 Å². The SMILES string of the molecule is CCCCCCCCCCCCCCCCCCCCCCN(CCCCCCC)CCCCCCC.Cl. The standard InChI is InChI=1S/C36H75N.ClH/c1-4-7-10-13-14-15-16-17-18-19-20-21-22-23-24-25-26-27-30-33-36-37(34-31-28-11-8-5-2)35-32-29-12-9-6-3;/h4-36H2,1-3H3;1H. The molecule has 0 N–H and O–H groups in total. The van der Waals surface area contributed by atoms with Gasteiger partial charge in [-0.1, -0.05) is 194 Å². The van der Waals surface area contributed by atoms with Gasteiger partial charge in [0.2, 0.25) is 0 Å². The number of hydrogen-bond acceptors (Lipinski definition) is 1. The van der Waals surface area contributed by atoms with E-state index in [0.29, 0.717) is 0 Å². The molecule has 0 bridgehead atoms. The van der Waals surface area contributed by atoms with Crippen LogP contribution in [0.5, 0.6) is 0 Å². The first kappa shape index (κ1) is 40.4. The van der Waals surface area contributed by atoms with E-state index < -0.39 is 0 Å². The highest BCUT2D eigenvalue weighted by molar-refractivity contribution is 5.85. The predicted molar refractivity (Wildman–Crippen MR) is 179 cm³/mol. The fourth-order valence-electron chi connectivity index (χ4n) is 5.80. The molecule has 0 aromatic heterocycles. The van der Waals surface area contributed by atoms with Gasteiger partial charge < -0.3 is 4.90 Å². The number of halogens is 1. The highest BCUT2D eigenvalue weighted by Gasteiger charge is 2.05. The molecule has 0 radical (unpaired) electrons. The largest absolute Gasteiger partial charge is 0.303 e. The van der Waals surface area contributed by atoms with Crippen molar-refractivity contribution in [1.82, 2.24) is 4.90 Å². The lowest BCUT2D eigenvalue weighted by Gasteiger charge is -2.22. The summed E-state index contributed by atoms with van der Waals surface area (Å²) in [6.45, 7) is 11.0. The van der Waals surface area contributed by atoms with Crippen LogP contribution in [0.2, 0.25) is 0 Å². The zero-order valence-electron chi connectivity index (χ0n) is 27.2. The highest BCUT2D eigenvalue weighted by atomic mass is 35.5. The third-order valence-corrected chi connectivity index (χ3v) is 8.48. The first-order valence-electron chi connectivity index (χ1n) is 18.1. The molecule has 0 aromatic carbocycles. The quantitative estimate of drug-likeness (QED) is 0.0725. The molecular weight excluding hydrogens is 482 g/mol. The van der Waals surface area contributed by atoms with E-state index in [4.69, 9.17) is 0 Å². The van der Waals surface area contributed by atoms with Gasteiger partial charge in [0, 0.05) is 0 Å². The normalized spacial score (nSPS) is 11.4. The average molecular weight is 558 g/mol. The Labute approximate surface area is 249 Å². The molecule has 0 aliphatic carbocycles. The van der Waals surface area contributed by atoms with E-state index in [-0.39, 0.29) is 12.4 Å². The van der Waals surface area contributed by atoms with Crippen molar-refractivity contribution in [1.29, 1.82) is 0 Å². The Morgan fingerprint density at radius 1 is 0.237 bits per heavy atom. The Balaban J connectivity index is 0. The third kappa shape index (κ3) is 34.3. The van der Waals surface area contributed by atoms with Crippen LogP contribution in [0.4, 0.5) is 0 Å². The van der Waals surface area contributed by atoms with Gasteiger partial charge in [-0.2, -0.15) is 0 Å². The zero-order chi connectivity index (χ0) is 26.9. The van der Waals surface area contributed by atoms with E-state index in [9.17, 15) is 0 Å². The summed E-state index contributed by atoms with van der Waals surface area (Å²) in [5, 5.41) is 0. The van der Waals surface area contributed by atoms with Crippen molar-refractivity contribution >= 4 is 12.4 Å². The molecule has 0 fully saturated rings. The van der Waals surface area contributed by atoms with Gasteiger partial charge in [0.05, 0.1) is 0 Å². The topological polar surface area (TPSA) is 3.24 Å². The molecule has 0 spiro atoms. The fraction of sp³-hybridized carbons (Fsp3) is 1.00. The van der Waals surface area contributed by atoms with Gasteiger partial charge in [-0.15, -0.1) is 12.4 Å². The van der Waals surface area contributed by atoms with Gasteiger partial charge in [-0.05, 0) is 38.9 Å². The van der Waals surface area contributed by atoms with E-state index in [1.807, 2.05) is 0 Å². The summed E-state index contributed by atoms with van der Waals surface area (Å²) in [6, 6.07) is 0. The third-order valence-electron chi connectivity index (χ3n) is 8.48. The van der Waals surface area contributed by atoms with Crippen LogP contribution in [-0.4, -0.2) is 24.5 Å². The van der Waals surface area contributed by atoms with Crippen LogP contribution >= 0.6 is 12.4 Å². The van der Waals surface area contributed by atoms with Gasteiger partial charge in [0.25, 0.3) is 0 Å². The second-order valence-corrected chi connectivity index (χ2v) is 12.4. The molecule has 2 heteroatoms. The molecule has 0 saturated carbocycles. The van der Waals surface area contributed by atoms with Crippen molar-refractivity contribution in [3.63, 3.8) is 0 Å². The van der Waals surface area contributed by atoms with Crippen molar-refractivity contribution in [2.24, 2.45) is 0 Å². The zero-order valence-corrected chi connectivity index (χ0v) is 28.0. The Hall–Kier alpha value is 0.250. The number of nitrogens with zero attached hydrogens (tertiary/aromatic N) is 1. The van der Waals surface area contributed by atoms with Crippen molar-refractivity contribution in [3.05, 3.63) is 0 Å². The van der Waals surface area contributed by atoms with Crippen molar-refractivity contribution < 1.29 is 0 Å². The van der Waals surface area contributed by atoms with Crippen molar-refractivity contribution in [3.8, 4) is 0 Å². The molecule has 38 heavy (non-hydrogen) atoms. The van der Waals surface area contributed by atoms with Gasteiger partial charge in [0.1, 0.15) is 0 Å². The Morgan fingerprint density at radius 2 is 0.395 bits per heavy atom. The Morgan fingerprint density at radius 3 is 0.579 bits per heavy atom. The first-order chi connectivity index (χ1) is 18.3. The maximum Gasteiger partial charge on any atom is -0.00187 e. The van der Waals surface area contributed by atoms with Crippen molar-refractivity contribution in [2.45, 2.75) is 213 Å². The van der Waals surface area contributed by atoms with Gasteiger partial charge >= 0.3 is 0 Å². The van der Waals surface area contributed by atoms with Crippen LogP contribution < -0.4 is 0 Å². The molecule has 0 rings (SSSR count). The van der Waals surface area contributed by atoms with Crippen LogP contribution in [0.1, 0.15) is 213 Å². The summed E-state index contributed by atoms with van der Waals surface area (Å²) < 4.78 is 0. The molecule has 0 aliphatic rings. The average Bonchev–Trinajstić information content (AvgIpc) is 2.91. The highest BCUT2D eigenvalue weighted by Crippen LogP contribution is 2.15. The number of rotatable bonds is 33. The second-order valence-electron chi connectivity index (χ2n) is 12.4. The van der Waals surface area contributed by atoms with E-state index in [2.05, 4.69) is 25.7 Å². The van der Waals surface area contributed by atoms with Crippen LogP contribution in [0.15, 0.2) is 0 Å². The molecule has 0 amide bonds. The minimum atomic E-state index is 0. The van der Waals surface area contributed by atoms with Crippen molar-refractivity contribution in [2.75, 3.05) is 19.6 Å². The van der Waals surface area contributed by atoms with Crippen LogP contribution in [0.25, 0.3) is 0 Å². The smallest absolute Gasteiger partial charge is 0.00187 e. The fourth-order valence-corrected chi connectivity index (χ4v) is 5.80. The first-order valence-corrected chi connectivity index (χ1v) is 18.1. The molecule has 1 nitrogen and oxygen atoms in total. The lowest BCUT2D eigenvalue weighted by Crippen LogP contribution is -2.27.